The first kappa shape index (κ1) is 14.0. The van der Waals surface area contributed by atoms with Crippen molar-refractivity contribution in [2.24, 2.45) is 5.73 Å². The lowest BCUT2D eigenvalue weighted by molar-refractivity contribution is 0.123. The number of aromatic hydroxyl groups is 1. The lowest BCUT2D eigenvalue weighted by atomic mass is 9.68. The maximum absolute atomic E-state index is 9.74. The summed E-state index contributed by atoms with van der Waals surface area (Å²) in [6, 6.07) is 15.2. The molecule has 0 heterocycles. The van der Waals surface area contributed by atoms with Crippen LogP contribution in [0.25, 0.3) is 0 Å². The van der Waals surface area contributed by atoms with E-state index in [1.807, 2.05) is 42.5 Å². The normalized spacial score (nSPS) is 23.4. The van der Waals surface area contributed by atoms with Crippen molar-refractivity contribution in [3.63, 3.8) is 0 Å². The van der Waals surface area contributed by atoms with Crippen molar-refractivity contribution in [3.05, 3.63) is 59.7 Å². The maximum Gasteiger partial charge on any atom is 0.119 e. The van der Waals surface area contributed by atoms with Gasteiger partial charge in [0.25, 0.3) is 0 Å². The summed E-state index contributed by atoms with van der Waals surface area (Å²) in [6.07, 6.45) is 0.689. The Morgan fingerprint density at radius 3 is 2.57 bits per heavy atom. The van der Waals surface area contributed by atoms with E-state index in [1.165, 1.54) is 5.56 Å². The van der Waals surface area contributed by atoms with Gasteiger partial charge in [-0.1, -0.05) is 38.1 Å². The van der Waals surface area contributed by atoms with Gasteiger partial charge in [-0.05, 0) is 35.4 Å². The largest absolute Gasteiger partial charge is 0.508 e. The van der Waals surface area contributed by atoms with Crippen LogP contribution in [0.15, 0.2) is 48.5 Å². The molecule has 3 nitrogen and oxygen atoms in total. The first-order valence-electron chi connectivity index (χ1n) is 7.28. The van der Waals surface area contributed by atoms with Crippen LogP contribution in [0.4, 0.5) is 0 Å². The number of phenolic OH excluding ortho intramolecular Hbond substituents is 1. The molecular formula is C18H21NO2. The Bertz CT molecular complexity index is 637. The molecular weight excluding hydrogens is 262 g/mol. The van der Waals surface area contributed by atoms with Gasteiger partial charge in [0.05, 0.1) is 6.04 Å². The topological polar surface area (TPSA) is 55.5 Å². The van der Waals surface area contributed by atoms with Gasteiger partial charge in [0.2, 0.25) is 0 Å². The van der Waals surface area contributed by atoms with E-state index in [0.29, 0.717) is 0 Å². The van der Waals surface area contributed by atoms with E-state index in [2.05, 4.69) is 13.8 Å². The van der Waals surface area contributed by atoms with Crippen molar-refractivity contribution in [1.82, 2.24) is 0 Å². The number of hydrogen-bond acceptors (Lipinski definition) is 3. The Morgan fingerprint density at radius 2 is 1.86 bits per heavy atom. The molecule has 0 radical (unpaired) electrons. The van der Waals surface area contributed by atoms with E-state index in [-0.39, 0.29) is 23.3 Å². The van der Waals surface area contributed by atoms with Gasteiger partial charge in [0, 0.05) is 11.8 Å². The number of para-hydroxylation sites is 1. The van der Waals surface area contributed by atoms with Crippen LogP contribution in [0, 0.1) is 0 Å². The fourth-order valence-electron chi connectivity index (χ4n) is 3.12. The van der Waals surface area contributed by atoms with Gasteiger partial charge in [-0.3, -0.25) is 0 Å². The van der Waals surface area contributed by atoms with Gasteiger partial charge in [0.1, 0.15) is 17.6 Å². The summed E-state index contributed by atoms with van der Waals surface area (Å²) in [5.41, 5.74) is 8.53. The molecule has 0 saturated carbocycles. The molecule has 1 aliphatic rings. The van der Waals surface area contributed by atoms with Gasteiger partial charge in [-0.25, -0.2) is 0 Å². The zero-order valence-corrected chi connectivity index (χ0v) is 12.4. The van der Waals surface area contributed by atoms with Crippen LogP contribution >= 0.6 is 0 Å². The van der Waals surface area contributed by atoms with Gasteiger partial charge >= 0.3 is 0 Å². The number of fused-ring (bicyclic) bond motifs is 1. The average Bonchev–Trinajstić information content (AvgIpc) is 2.47. The van der Waals surface area contributed by atoms with E-state index < -0.39 is 0 Å². The minimum absolute atomic E-state index is 0.0700. The quantitative estimate of drug-likeness (QED) is 0.891. The molecule has 21 heavy (non-hydrogen) atoms. The first-order valence-corrected chi connectivity index (χ1v) is 7.28. The number of hydrogen-bond donors (Lipinski definition) is 2. The predicted molar refractivity (Wildman–Crippen MR) is 83.7 cm³/mol. The molecule has 1 aliphatic carbocycles. The van der Waals surface area contributed by atoms with E-state index in [9.17, 15) is 5.11 Å². The molecule has 2 aromatic carbocycles. The Balaban J connectivity index is 1.94. The molecule has 2 aromatic rings. The van der Waals surface area contributed by atoms with Crippen molar-refractivity contribution in [2.45, 2.75) is 37.8 Å². The summed E-state index contributed by atoms with van der Waals surface area (Å²) in [5.74, 6) is 1.13. The van der Waals surface area contributed by atoms with E-state index in [1.54, 1.807) is 6.07 Å². The molecule has 0 aromatic heterocycles. The van der Waals surface area contributed by atoms with Crippen LogP contribution in [0.5, 0.6) is 11.5 Å². The summed E-state index contributed by atoms with van der Waals surface area (Å²) >= 11 is 0. The zero-order valence-electron chi connectivity index (χ0n) is 12.4. The average molecular weight is 283 g/mol. The fraction of sp³-hybridized carbons (Fsp3) is 0.333. The first-order chi connectivity index (χ1) is 9.98. The Hall–Kier alpha value is -2.00. The summed E-state index contributed by atoms with van der Waals surface area (Å²) in [5, 5.41) is 9.74. The molecule has 0 unspecified atom stereocenters. The highest BCUT2D eigenvalue weighted by Gasteiger charge is 2.41. The number of phenols is 1. The lowest BCUT2D eigenvalue weighted by Gasteiger charge is -2.43. The summed E-state index contributed by atoms with van der Waals surface area (Å²) in [4.78, 5) is 0. The van der Waals surface area contributed by atoms with Gasteiger partial charge in [-0.2, -0.15) is 0 Å². The molecule has 0 saturated heterocycles. The third kappa shape index (κ3) is 2.49. The van der Waals surface area contributed by atoms with Crippen molar-refractivity contribution < 1.29 is 9.84 Å². The molecule has 0 spiro atoms. The highest BCUT2D eigenvalue weighted by atomic mass is 16.5. The summed E-state index contributed by atoms with van der Waals surface area (Å²) in [6.45, 7) is 4.22. The number of benzene rings is 2. The molecule has 0 fully saturated rings. The minimum Gasteiger partial charge on any atom is -0.508 e. The number of nitrogens with two attached hydrogens (primary N) is 1. The van der Waals surface area contributed by atoms with Crippen molar-refractivity contribution in [2.75, 3.05) is 0 Å². The summed E-state index contributed by atoms with van der Waals surface area (Å²) < 4.78 is 6.10. The Morgan fingerprint density at radius 1 is 1.14 bits per heavy atom. The second kappa shape index (κ2) is 5.08. The van der Waals surface area contributed by atoms with Gasteiger partial charge in [0.15, 0.2) is 0 Å². The van der Waals surface area contributed by atoms with Crippen LogP contribution in [-0.2, 0) is 11.8 Å². The molecule has 110 valence electrons. The van der Waals surface area contributed by atoms with E-state index in [4.69, 9.17) is 10.5 Å². The second-order valence-electron chi connectivity index (χ2n) is 6.26. The third-order valence-electron chi connectivity index (χ3n) is 4.47. The molecule has 0 aliphatic heterocycles. The van der Waals surface area contributed by atoms with Crippen molar-refractivity contribution in [1.29, 1.82) is 0 Å². The van der Waals surface area contributed by atoms with E-state index >= 15 is 0 Å². The fourth-order valence-corrected chi connectivity index (χ4v) is 3.12. The number of rotatable bonds is 2. The van der Waals surface area contributed by atoms with Crippen molar-refractivity contribution >= 4 is 0 Å². The number of ether oxygens (including phenoxy) is 1. The van der Waals surface area contributed by atoms with E-state index in [0.717, 1.165) is 17.7 Å². The second-order valence-corrected chi connectivity index (χ2v) is 6.26. The molecule has 0 amide bonds. The van der Waals surface area contributed by atoms with Crippen LogP contribution in [-0.4, -0.2) is 17.3 Å². The molecule has 2 atom stereocenters. The van der Waals surface area contributed by atoms with Gasteiger partial charge < -0.3 is 15.6 Å². The minimum atomic E-state index is -0.244. The highest BCUT2D eigenvalue weighted by Crippen LogP contribution is 2.39. The van der Waals surface area contributed by atoms with Crippen LogP contribution in [0.3, 0.4) is 0 Å². The molecule has 3 heteroatoms. The monoisotopic (exact) mass is 283 g/mol. The zero-order chi connectivity index (χ0) is 15.0. The maximum atomic E-state index is 9.74. The third-order valence-corrected chi connectivity index (χ3v) is 4.47. The summed E-state index contributed by atoms with van der Waals surface area (Å²) in [7, 11) is 0. The molecule has 3 N–H and O–H groups in total. The Labute approximate surface area is 125 Å². The molecule has 3 rings (SSSR count). The highest BCUT2D eigenvalue weighted by molar-refractivity contribution is 5.43. The van der Waals surface area contributed by atoms with Crippen LogP contribution < -0.4 is 10.5 Å². The SMILES string of the molecule is CC1(C)c2cc(O)ccc2C[C@H](Oc2ccccc2)[C@H]1N. The lowest BCUT2D eigenvalue weighted by Crippen LogP contribution is -2.55. The smallest absolute Gasteiger partial charge is 0.119 e. The standard InChI is InChI=1S/C18H21NO2/c1-18(2)15-11-13(20)9-8-12(15)10-16(17(18)19)21-14-6-4-3-5-7-14/h3-9,11,16-17,20H,10,19H2,1-2H3/t16-,17+/m0/s1. The Kier molecular flexibility index (Phi) is 3.38. The van der Waals surface area contributed by atoms with Crippen molar-refractivity contribution in [3.8, 4) is 11.5 Å². The van der Waals surface area contributed by atoms with Crippen LogP contribution in [0.2, 0.25) is 0 Å². The predicted octanol–water partition coefficient (Wildman–Crippen LogP) is 3.00. The van der Waals surface area contributed by atoms with Crippen LogP contribution in [0.1, 0.15) is 25.0 Å². The molecule has 0 bridgehead atoms. The van der Waals surface area contributed by atoms with Gasteiger partial charge in [-0.15, -0.1) is 0 Å².